The van der Waals surface area contributed by atoms with Gasteiger partial charge in [-0.3, -0.25) is 0 Å². The van der Waals surface area contributed by atoms with Crippen molar-refractivity contribution in [3.05, 3.63) is 62.7 Å². The first-order chi connectivity index (χ1) is 10.0. The number of allylic oxidation sites excluding steroid dienone is 2. The van der Waals surface area contributed by atoms with Crippen molar-refractivity contribution in [1.29, 1.82) is 0 Å². The van der Waals surface area contributed by atoms with Gasteiger partial charge in [0.15, 0.2) is 0 Å². The molecule has 0 aromatic rings. The Labute approximate surface area is 138 Å². The summed E-state index contributed by atoms with van der Waals surface area (Å²) in [4.78, 5) is 0. The lowest BCUT2D eigenvalue weighted by molar-refractivity contribution is 0.0657. The second-order valence-corrected chi connectivity index (χ2v) is 11.3. The highest BCUT2D eigenvalue weighted by Crippen LogP contribution is 2.77. The lowest BCUT2D eigenvalue weighted by Gasteiger charge is -2.53. The van der Waals surface area contributed by atoms with Crippen LogP contribution < -0.4 is 0 Å². The minimum Gasteiger partial charge on any atom is -0.541 e. The molecule has 1 aliphatic rings. The Morgan fingerprint density at radius 1 is 0.864 bits per heavy atom. The first-order valence-corrected chi connectivity index (χ1v) is 9.91. The summed E-state index contributed by atoms with van der Waals surface area (Å²) in [5.41, 5.74) is 3.84. The Bertz CT molecular complexity index is 506. The van der Waals surface area contributed by atoms with Crippen LogP contribution in [0.5, 0.6) is 0 Å². The van der Waals surface area contributed by atoms with Crippen molar-refractivity contribution in [2.24, 2.45) is 16.2 Å². The minimum absolute atomic E-state index is 0.0186. The molecule has 0 aromatic carbocycles. The number of hydrogen-bond acceptors (Lipinski definition) is 1. The highest BCUT2D eigenvalue weighted by molar-refractivity contribution is 6.87. The Morgan fingerprint density at radius 3 is 1.68 bits per heavy atom. The van der Waals surface area contributed by atoms with E-state index in [4.69, 9.17) is 4.43 Å². The fraction of sp³-hybridized carbons (Fsp3) is 0.500. The molecule has 2 atom stereocenters. The van der Waals surface area contributed by atoms with E-state index in [1.54, 1.807) is 0 Å². The third-order valence-corrected chi connectivity index (χ3v) is 11.0. The first kappa shape index (κ1) is 18.8. The van der Waals surface area contributed by atoms with E-state index in [2.05, 4.69) is 79.7 Å². The molecule has 0 bridgehead atoms. The Balaban J connectivity index is 3.87. The molecule has 0 heterocycles. The summed E-state index contributed by atoms with van der Waals surface area (Å²) in [5.74, 6) is 0. The van der Waals surface area contributed by atoms with Gasteiger partial charge in [-0.25, -0.2) is 0 Å². The number of rotatable bonds is 7. The topological polar surface area (TPSA) is 9.23 Å². The lowest BCUT2D eigenvalue weighted by atomic mass is 9.59. The summed E-state index contributed by atoms with van der Waals surface area (Å²) >= 11 is 0. The van der Waals surface area contributed by atoms with Gasteiger partial charge >= 0.3 is 8.32 Å². The summed E-state index contributed by atoms with van der Waals surface area (Å²) in [7, 11) is -2.57. The first-order valence-electron chi connectivity index (χ1n) is 7.84. The van der Waals surface area contributed by atoms with Crippen LogP contribution >= 0.6 is 0 Å². The molecule has 0 amide bonds. The van der Waals surface area contributed by atoms with Gasteiger partial charge in [0.05, 0.1) is 6.26 Å². The number of hydrogen-bond donors (Lipinski definition) is 0. The Hall–Kier alpha value is -1.28. The van der Waals surface area contributed by atoms with Gasteiger partial charge in [-0.1, -0.05) is 64.7 Å². The van der Waals surface area contributed by atoms with Gasteiger partial charge < -0.3 is 4.43 Å². The fourth-order valence-corrected chi connectivity index (χ4v) is 8.41. The molecule has 0 saturated heterocycles. The van der Waals surface area contributed by atoms with E-state index in [9.17, 15) is 0 Å². The predicted molar refractivity (Wildman–Crippen MR) is 101 cm³/mol. The van der Waals surface area contributed by atoms with Crippen LogP contribution in [0, 0.1) is 16.2 Å². The smallest absolute Gasteiger partial charge is 0.309 e. The zero-order chi connectivity index (χ0) is 17.4. The van der Waals surface area contributed by atoms with Gasteiger partial charge in [0, 0.05) is 10.5 Å². The maximum absolute atomic E-state index is 6.14. The summed E-state index contributed by atoms with van der Waals surface area (Å²) in [6.07, 6.45) is 6.65. The van der Waals surface area contributed by atoms with Crippen LogP contribution in [-0.2, 0) is 4.43 Å². The van der Waals surface area contributed by atoms with Crippen molar-refractivity contribution in [3.8, 4) is 0 Å². The van der Waals surface area contributed by atoms with Crippen LogP contribution in [0.2, 0.25) is 5.04 Å². The molecule has 2 unspecified atom stereocenters. The summed E-state index contributed by atoms with van der Waals surface area (Å²) in [6.45, 7) is 31.9. The average Bonchev–Trinajstić information content (AvgIpc) is 2.60. The van der Waals surface area contributed by atoms with E-state index in [-0.39, 0.29) is 21.3 Å². The molecule has 1 saturated carbocycles. The molecule has 0 radical (unpaired) electrons. The maximum atomic E-state index is 6.14. The average molecular weight is 317 g/mol. The molecule has 0 aliphatic heterocycles. The van der Waals surface area contributed by atoms with Crippen molar-refractivity contribution < 1.29 is 4.43 Å². The monoisotopic (exact) mass is 316 g/mol. The summed E-state index contributed by atoms with van der Waals surface area (Å²) in [6, 6.07) is 0. The molecule has 0 N–H and O–H groups in total. The van der Waals surface area contributed by atoms with Crippen LogP contribution in [0.4, 0.5) is 0 Å². The third-order valence-electron chi connectivity index (χ3n) is 6.98. The molecule has 2 heteroatoms. The molecule has 22 heavy (non-hydrogen) atoms. The second kappa shape index (κ2) is 5.41. The summed E-state index contributed by atoms with van der Waals surface area (Å²) in [5, 5.41) is -0.271. The summed E-state index contributed by atoms with van der Waals surface area (Å²) < 4.78 is 6.14. The molecule has 0 spiro atoms. The van der Waals surface area contributed by atoms with Crippen LogP contribution in [0.1, 0.15) is 41.0 Å². The highest BCUT2D eigenvalue weighted by atomic mass is 28.4. The zero-order valence-corrected chi connectivity index (χ0v) is 16.0. The van der Waals surface area contributed by atoms with Gasteiger partial charge in [0.1, 0.15) is 0 Å². The van der Waals surface area contributed by atoms with Crippen LogP contribution in [0.3, 0.4) is 0 Å². The van der Waals surface area contributed by atoms with Crippen molar-refractivity contribution in [3.63, 3.8) is 0 Å². The van der Waals surface area contributed by atoms with Crippen molar-refractivity contribution in [2.45, 2.75) is 46.1 Å². The fourth-order valence-electron chi connectivity index (χ4n) is 4.57. The standard InChI is InChI=1S/C20H32OSi/c1-11-19(10)18(8,9)17(6,7)16-20(19,12-2)22(14-4,15-5)21-13-3/h11-15H,1-5,16H2,6-10H3. The highest BCUT2D eigenvalue weighted by Gasteiger charge is 2.73. The van der Waals surface area contributed by atoms with Crippen LogP contribution in [0.25, 0.3) is 0 Å². The van der Waals surface area contributed by atoms with E-state index >= 15 is 0 Å². The molecule has 122 valence electrons. The quantitative estimate of drug-likeness (QED) is 0.312. The van der Waals surface area contributed by atoms with Crippen molar-refractivity contribution in [1.82, 2.24) is 0 Å². The van der Waals surface area contributed by atoms with E-state index < -0.39 is 8.32 Å². The molecule has 1 fully saturated rings. The molecular weight excluding hydrogens is 284 g/mol. The predicted octanol–water partition coefficient (Wildman–Crippen LogP) is 6.12. The largest absolute Gasteiger partial charge is 0.541 e. The van der Waals surface area contributed by atoms with Crippen LogP contribution in [0.15, 0.2) is 62.7 Å². The zero-order valence-electron chi connectivity index (χ0n) is 15.0. The third kappa shape index (κ3) is 1.83. The molecule has 1 nitrogen and oxygen atoms in total. The molecule has 0 aromatic heterocycles. The SMILES string of the molecule is C=CO[Si](C=C)(C=C)C1(C=C)CC(C)(C)C(C)(C)C1(C)C=C. The van der Waals surface area contributed by atoms with Gasteiger partial charge in [0.25, 0.3) is 0 Å². The van der Waals surface area contributed by atoms with Gasteiger partial charge in [-0.15, -0.1) is 26.3 Å². The van der Waals surface area contributed by atoms with Gasteiger partial charge in [-0.05, 0) is 17.3 Å². The van der Waals surface area contributed by atoms with Crippen molar-refractivity contribution in [2.75, 3.05) is 0 Å². The van der Waals surface area contributed by atoms with Gasteiger partial charge in [-0.2, -0.15) is 0 Å². The minimum atomic E-state index is -2.57. The van der Waals surface area contributed by atoms with Crippen molar-refractivity contribution >= 4 is 8.32 Å². The van der Waals surface area contributed by atoms with E-state index in [0.717, 1.165) is 6.42 Å². The van der Waals surface area contributed by atoms with Gasteiger partial charge in [0.2, 0.25) is 0 Å². The maximum Gasteiger partial charge on any atom is 0.309 e. The van der Waals surface area contributed by atoms with E-state index in [1.165, 1.54) is 6.26 Å². The van der Waals surface area contributed by atoms with Crippen LogP contribution in [-0.4, -0.2) is 8.32 Å². The lowest BCUT2D eigenvalue weighted by Crippen LogP contribution is -2.54. The van der Waals surface area contributed by atoms with E-state index in [1.807, 2.05) is 11.4 Å². The normalized spacial score (nSPS) is 32.8. The Kier molecular flexibility index (Phi) is 4.62. The van der Waals surface area contributed by atoms with E-state index in [0.29, 0.717) is 0 Å². The molecule has 1 rings (SSSR count). The second-order valence-electron chi connectivity index (χ2n) is 7.75. The molecular formula is C20H32OSi. The Morgan fingerprint density at radius 2 is 1.36 bits per heavy atom. The molecule has 1 aliphatic carbocycles.